The minimum absolute atomic E-state index is 0. The van der Waals surface area contributed by atoms with Crippen molar-refractivity contribution < 1.29 is 4.74 Å². The van der Waals surface area contributed by atoms with Gasteiger partial charge in [-0.25, -0.2) is 4.98 Å². The van der Waals surface area contributed by atoms with E-state index in [1.165, 1.54) is 11.1 Å². The Morgan fingerprint density at radius 3 is 2.42 bits per heavy atom. The van der Waals surface area contributed by atoms with E-state index >= 15 is 0 Å². The fourth-order valence-corrected chi connectivity index (χ4v) is 3.56. The van der Waals surface area contributed by atoms with Crippen LogP contribution in [0, 0.1) is 5.92 Å². The van der Waals surface area contributed by atoms with Crippen LogP contribution in [0.1, 0.15) is 37.9 Å². The second-order valence-electron chi connectivity index (χ2n) is 8.88. The van der Waals surface area contributed by atoms with Crippen LogP contribution in [0.25, 0.3) is 0 Å². The number of likely N-dealkylation sites (N-methyl/N-ethyl adjacent to an activating group) is 1. The molecule has 1 aromatic carbocycles. The third-order valence-corrected chi connectivity index (χ3v) is 5.64. The largest absolute Gasteiger partial charge is 0.493 e. The molecular formula is C25H39IN6O. The summed E-state index contributed by atoms with van der Waals surface area (Å²) in [6.45, 7) is 12.0. The predicted octanol–water partition coefficient (Wildman–Crippen LogP) is 3.91. The number of hydrogen-bond donors (Lipinski definition) is 2. The summed E-state index contributed by atoms with van der Waals surface area (Å²) in [7, 11) is 3.97. The van der Waals surface area contributed by atoms with Gasteiger partial charge in [-0.05, 0) is 55.3 Å². The summed E-state index contributed by atoms with van der Waals surface area (Å²) in [4.78, 5) is 13.7. The lowest BCUT2D eigenvalue weighted by molar-refractivity contribution is 0.271. The number of anilines is 1. The zero-order chi connectivity index (χ0) is 22.9. The summed E-state index contributed by atoms with van der Waals surface area (Å²) < 4.78 is 5.78. The van der Waals surface area contributed by atoms with Gasteiger partial charge in [-0.15, -0.1) is 24.0 Å². The maximum absolute atomic E-state index is 5.78. The zero-order valence-electron chi connectivity index (χ0n) is 20.5. The Morgan fingerprint density at radius 2 is 1.79 bits per heavy atom. The minimum Gasteiger partial charge on any atom is -0.493 e. The molecule has 8 heteroatoms. The average Bonchev–Trinajstić information content (AvgIpc) is 2.81. The first-order valence-electron chi connectivity index (χ1n) is 11.5. The Bertz CT molecular complexity index is 865. The van der Waals surface area contributed by atoms with Crippen molar-refractivity contribution in [3.63, 3.8) is 0 Å². The molecule has 0 amide bonds. The average molecular weight is 567 g/mol. The molecule has 2 N–H and O–H groups in total. The van der Waals surface area contributed by atoms with Crippen molar-refractivity contribution in [2.75, 3.05) is 51.8 Å². The number of aromatic nitrogens is 1. The van der Waals surface area contributed by atoms with E-state index in [0.717, 1.165) is 50.3 Å². The molecule has 0 spiro atoms. The molecule has 0 aliphatic carbocycles. The smallest absolute Gasteiger partial charge is 0.191 e. The van der Waals surface area contributed by atoms with Crippen molar-refractivity contribution in [3.05, 3.63) is 53.7 Å². The predicted molar refractivity (Wildman–Crippen MR) is 148 cm³/mol. The summed E-state index contributed by atoms with van der Waals surface area (Å²) in [6.07, 6.45) is 1.90. The highest BCUT2D eigenvalue weighted by atomic mass is 127. The molecule has 1 saturated heterocycles. The van der Waals surface area contributed by atoms with Gasteiger partial charge in [0, 0.05) is 46.0 Å². The second kappa shape index (κ2) is 13.6. The second-order valence-corrected chi connectivity index (χ2v) is 8.88. The molecule has 2 aromatic rings. The van der Waals surface area contributed by atoms with E-state index in [2.05, 4.69) is 82.5 Å². The molecule has 1 aliphatic rings. The van der Waals surface area contributed by atoms with E-state index in [0.29, 0.717) is 12.5 Å². The van der Waals surface area contributed by atoms with Gasteiger partial charge in [0.1, 0.15) is 11.6 Å². The number of ether oxygens (including phenoxy) is 1. The van der Waals surface area contributed by atoms with Gasteiger partial charge in [-0.2, -0.15) is 0 Å². The molecule has 0 saturated carbocycles. The number of pyridine rings is 1. The van der Waals surface area contributed by atoms with Crippen LogP contribution in [0.15, 0.2) is 47.6 Å². The molecule has 1 aromatic heterocycles. The lowest BCUT2D eigenvalue weighted by Gasteiger charge is -2.33. The summed E-state index contributed by atoms with van der Waals surface area (Å²) in [6, 6.07) is 12.6. The Balaban J connectivity index is 0.00000385. The van der Waals surface area contributed by atoms with Crippen LogP contribution in [0.5, 0.6) is 5.75 Å². The van der Waals surface area contributed by atoms with E-state index in [9.17, 15) is 0 Å². The maximum atomic E-state index is 5.78. The molecule has 182 valence electrons. The quantitative estimate of drug-likeness (QED) is 0.287. The molecule has 1 unspecified atom stereocenters. The first-order valence-corrected chi connectivity index (χ1v) is 11.5. The topological polar surface area (TPSA) is 65.0 Å². The van der Waals surface area contributed by atoms with Gasteiger partial charge in [0.2, 0.25) is 0 Å². The molecule has 7 nitrogen and oxygen atoms in total. The van der Waals surface area contributed by atoms with Crippen molar-refractivity contribution in [2.45, 2.75) is 33.4 Å². The SMILES string of the molecule is CN=C(NCc1ccnc(N2CCN(C)CC2)c1)NC(C)c1ccc(OCC(C)C)cc1.I. The highest BCUT2D eigenvalue weighted by molar-refractivity contribution is 14.0. The first kappa shape index (κ1) is 27.2. The van der Waals surface area contributed by atoms with Crippen molar-refractivity contribution in [2.24, 2.45) is 10.9 Å². The Kier molecular flexibility index (Phi) is 11.2. The monoisotopic (exact) mass is 566 g/mol. The van der Waals surface area contributed by atoms with Crippen LogP contribution in [0.4, 0.5) is 5.82 Å². The third-order valence-electron chi connectivity index (χ3n) is 5.64. The van der Waals surface area contributed by atoms with Gasteiger partial charge in [0.25, 0.3) is 0 Å². The summed E-state index contributed by atoms with van der Waals surface area (Å²) >= 11 is 0. The molecular weight excluding hydrogens is 527 g/mol. The van der Waals surface area contributed by atoms with E-state index in [1.807, 2.05) is 18.3 Å². The van der Waals surface area contributed by atoms with E-state index in [1.54, 1.807) is 7.05 Å². The van der Waals surface area contributed by atoms with Gasteiger partial charge in [0.15, 0.2) is 5.96 Å². The number of rotatable bonds is 8. The van der Waals surface area contributed by atoms with Crippen LogP contribution < -0.4 is 20.3 Å². The lowest BCUT2D eigenvalue weighted by atomic mass is 10.1. The summed E-state index contributed by atoms with van der Waals surface area (Å²) in [5.74, 6) is 3.25. The van der Waals surface area contributed by atoms with Crippen molar-refractivity contribution in [3.8, 4) is 5.75 Å². The van der Waals surface area contributed by atoms with E-state index in [-0.39, 0.29) is 30.0 Å². The number of guanidine groups is 1. The molecule has 1 fully saturated rings. The van der Waals surface area contributed by atoms with Gasteiger partial charge in [-0.1, -0.05) is 26.0 Å². The molecule has 1 aliphatic heterocycles. The molecule has 0 bridgehead atoms. The van der Waals surface area contributed by atoms with E-state index < -0.39 is 0 Å². The maximum Gasteiger partial charge on any atom is 0.191 e. The number of nitrogens with zero attached hydrogens (tertiary/aromatic N) is 4. The minimum atomic E-state index is 0. The number of benzene rings is 1. The zero-order valence-corrected chi connectivity index (χ0v) is 22.9. The third kappa shape index (κ3) is 8.66. The number of aliphatic imine (C=N–C) groups is 1. The first-order chi connectivity index (χ1) is 15.4. The summed E-state index contributed by atoms with van der Waals surface area (Å²) in [5.41, 5.74) is 2.38. The Hall–Kier alpha value is -2.07. The fraction of sp³-hybridized carbons (Fsp3) is 0.520. The highest BCUT2D eigenvalue weighted by Crippen LogP contribution is 2.18. The van der Waals surface area contributed by atoms with Gasteiger partial charge >= 0.3 is 0 Å². The number of piperazine rings is 1. The Labute approximate surface area is 216 Å². The number of halogens is 1. The van der Waals surface area contributed by atoms with Crippen LogP contribution in [0.2, 0.25) is 0 Å². The lowest BCUT2D eigenvalue weighted by Crippen LogP contribution is -2.44. The summed E-state index contributed by atoms with van der Waals surface area (Å²) in [5, 5.41) is 6.90. The number of nitrogens with one attached hydrogen (secondary N) is 2. The van der Waals surface area contributed by atoms with Crippen LogP contribution >= 0.6 is 24.0 Å². The highest BCUT2D eigenvalue weighted by Gasteiger charge is 2.15. The van der Waals surface area contributed by atoms with Gasteiger partial charge in [-0.3, -0.25) is 4.99 Å². The van der Waals surface area contributed by atoms with Crippen molar-refractivity contribution >= 4 is 35.8 Å². The van der Waals surface area contributed by atoms with Crippen LogP contribution in [-0.2, 0) is 6.54 Å². The van der Waals surface area contributed by atoms with Crippen molar-refractivity contribution in [1.29, 1.82) is 0 Å². The normalized spacial score (nSPS) is 15.7. The molecule has 1 atom stereocenters. The van der Waals surface area contributed by atoms with Crippen LogP contribution in [-0.4, -0.2) is 62.7 Å². The van der Waals surface area contributed by atoms with E-state index in [4.69, 9.17) is 4.74 Å². The Morgan fingerprint density at radius 1 is 1.09 bits per heavy atom. The van der Waals surface area contributed by atoms with Crippen molar-refractivity contribution in [1.82, 2.24) is 20.5 Å². The molecule has 0 radical (unpaired) electrons. The molecule has 3 rings (SSSR count). The van der Waals surface area contributed by atoms with Gasteiger partial charge in [0.05, 0.1) is 12.6 Å². The number of hydrogen-bond acceptors (Lipinski definition) is 5. The fourth-order valence-electron chi connectivity index (χ4n) is 3.56. The molecule has 33 heavy (non-hydrogen) atoms. The van der Waals surface area contributed by atoms with Crippen LogP contribution in [0.3, 0.4) is 0 Å². The van der Waals surface area contributed by atoms with Gasteiger partial charge < -0.3 is 25.2 Å². The molecule has 2 heterocycles. The standard InChI is InChI=1S/C25H38N6O.HI/c1-19(2)18-32-23-8-6-22(7-9-23)20(3)29-25(26-4)28-17-21-10-11-27-24(16-21)31-14-12-30(5)13-15-31;/h6-11,16,19-20H,12-15,17-18H2,1-5H3,(H2,26,28,29);1H.